The van der Waals surface area contributed by atoms with Crippen LogP contribution in [0.5, 0.6) is 0 Å². The van der Waals surface area contributed by atoms with E-state index in [4.69, 9.17) is 17.3 Å². The molecule has 0 spiro atoms. The Labute approximate surface area is 106 Å². The Morgan fingerprint density at radius 1 is 1.12 bits per heavy atom. The largest absolute Gasteiger partial charge is 0.380 e. The van der Waals surface area contributed by atoms with Crippen molar-refractivity contribution in [3.05, 3.63) is 58.9 Å². The van der Waals surface area contributed by atoms with Crippen LogP contribution < -0.4 is 11.1 Å². The van der Waals surface area contributed by atoms with Crippen molar-refractivity contribution in [1.29, 1.82) is 0 Å². The standard InChI is InChI=1S/C13H14ClN3/c14-12-9-16-6-5-13(12)17-8-11-3-1-10(7-15)2-4-11/h1-6,9H,7-8,15H2,(H,16,17). The average Bonchev–Trinajstić information content (AvgIpc) is 2.38. The van der Waals surface area contributed by atoms with E-state index in [1.54, 1.807) is 12.4 Å². The maximum Gasteiger partial charge on any atom is 0.0820 e. The summed E-state index contributed by atoms with van der Waals surface area (Å²) in [5, 5.41) is 3.89. The molecule has 0 saturated heterocycles. The summed E-state index contributed by atoms with van der Waals surface area (Å²) < 4.78 is 0. The van der Waals surface area contributed by atoms with Crippen LogP contribution in [-0.2, 0) is 13.1 Å². The van der Waals surface area contributed by atoms with Gasteiger partial charge in [0.2, 0.25) is 0 Å². The van der Waals surface area contributed by atoms with Gasteiger partial charge in [0.1, 0.15) is 0 Å². The van der Waals surface area contributed by atoms with E-state index in [1.165, 1.54) is 5.56 Å². The molecule has 3 nitrogen and oxygen atoms in total. The predicted octanol–water partition coefficient (Wildman–Crippen LogP) is 2.81. The quantitative estimate of drug-likeness (QED) is 0.874. The first-order valence-electron chi connectivity index (χ1n) is 5.41. The molecule has 88 valence electrons. The van der Waals surface area contributed by atoms with E-state index in [0.29, 0.717) is 11.6 Å². The molecule has 17 heavy (non-hydrogen) atoms. The predicted molar refractivity (Wildman–Crippen MR) is 70.9 cm³/mol. The zero-order valence-corrected chi connectivity index (χ0v) is 10.1. The maximum absolute atomic E-state index is 6.00. The van der Waals surface area contributed by atoms with E-state index in [2.05, 4.69) is 22.4 Å². The number of benzene rings is 1. The van der Waals surface area contributed by atoms with Crippen LogP contribution in [0.1, 0.15) is 11.1 Å². The van der Waals surface area contributed by atoms with Gasteiger partial charge in [-0.05, 0) is 17.2 Å². The topological polar surface area (TPSA) is 50.9 Å². The number of hydrogen-bond donors (Lipinski definition) is 2. The van der Waals surface area contributed by atoms with Crippen molar-refractivity contribution >= 4 is 17.3 Å². The van der Waals surface area contributed by atoms with Crippen molar-refractivity contribution < 1.29 is 0 Å². The van der Waals surface area contributed by atoms with Crippen molar-refractivity contribution in [2.75, 3.05) is 5.32 Å². The minimum atomic E-state index is 0.573. The van der Waals surface area contributed by atoms with Crippen LogP contribution in [-0.4, -0.2) is 4.98 Å². The lowest BCUT2D eigenvalue weighted by Gasteiger charge is -2.08. The second-order valence-electron chi connectivity index (χ2n) is 3.73. The first-order valence-corrected chi connectivity index (χ1v) is 5.78. The Balaban J connectivity index is 2.00. The highest BCUT2D eigenvalue weighted by atomic mass is 35.5. The number of nitrogens with zero attached hydrogens (tertiary/aromatic N) is 1. The van der Waals surface area contributed by atoms with Gasteiger partial charge in [-0.25, -0.2) is 0 Å². The zero-order chi connectivity index (χ0) is 12.1. The number of pyridine rings is 1. The number of aromatic nitrogens is 1. The Kier molecular flexibility index (Phi) is 3.96. The second kappa shape index (κ2) is 5.66. The first kappa shape index (κ1) is 11.9. The van der Waals surface area contributed by atoms with Crippen LogP contribution in [0.25, 0.3) is 0 Å². The van der Waals surface area contributed by atoms with Crippen molar-refractivity contribution in [2.45, 2.75) is 13.1 Å². The summed E-state index contributed by atoms with van der Waals surface area (Å²) in [5.74, 6) is 0. The molecule has 2 rings (SSSR count). The third-order valence-corrected chi connectivity index (χ3v) is 2.82. The number of anilines is 1. The summed E-state index contributed by atoms with van der Waals surface area (Å²) in [4.78, 5) is 3.94. The van der Waals surface area contributed by atoms with Crippen molar-refractivity contribution in [3.8, 4) is 0 Å². The van der Waals surface area contributed by atoms with Crippen molar-refractivity contribution in [2.24, 2.45) is 5.73 Å². The lowest BCUT2D eigenvalue weighted by atomic mass is 10.1. The summed E-state index contributed by atoms with van der Waals surface area (Å²) in [5.41, 5.74) is 8.76. The highest BCUT2D eigenvalue weighted by Gasteiger charge is 1.99. The van der Waals surface area contributed by atoms with Gasteiger partial charge in [0, 0.05) is 25.5 Å². The number of rotatable bonds is 4. The smallest absolute Gasteiger partial charge is 0.0820 e. The molecular weight excluding hydrogens is 234 g/mol. The van der Waals surface area contributed by atoms with Gasteiger partial charge in [-0.15, -0.1) is 0 Å². The molecule has 0 unspecified atom stereocenters. The summed E-state index contributed by atoms with van der Waals surface area (Å²) >= 11 is 6.00. The van der Waals surface area contributed by atoms with Crippen molar-refractivity contribution in [1.82, 2.24) is 4.98 Å². The maximum atomic E-state index is 6.00. The monoisotopic (exact) mass is 247 g/mol. The molecule has 0 fully saturated rings. The number of halogens is 1. The molecule has 1 aromatic heterocycles. The van der Waals surface area contributed by atoms with Gasteiger partial charge in [-0.2, -0.15) is 0 Å². The van der Waals surface area contributed by atoms with E-state index >= 15 is 0 Å². The van der Waals surface area contributed by atoms with Crippen LogP contribution >= 0.6 is 11.6 Å². The molecule has 0 radical (unpaired) electrons. The van der Waals surface area contributed by atoms with Crippen LogP contribution in [0.2, 0.25) is 5.02 Å². The molecule has 0 bridgehead atoms. The highest BCUT2D eigenvalue weighted by Crippen LogP contribution is 2.19. The lowest BCUT2D eigenvalue weighted by Crippen LogP contribution is -2.01. The third-order valence-electron chi connectivity index (χ3n) is 2.51. The van der Waals surface area contributed by atoms with Gasteiger partial charge >= 0.3 is 0 Å². The van der Waals surface area contributed by atoms with E-state index < -0.39 is 0 Å². The van der Waals surface area contributed by atoms with Crippen LogP contribution in [0.3, 0.4) is 0 Å². The van der Waals surface area contributed by atoms with Gasteiger partial charge in [0.15, 0.2) is 0 Å². The second-order valence-corrected chi connectivity index (χ2v) is 4.14. The SMILES string of the molecule is NCc1ccc(CNc2ccncc2Cl)cc1. The minimum Gasteiger partial charge on any atom is -0.380 e. The van der Waals surface area contributed by atoms with Crippen LogP contribution in [0, 0.1) is 0 Å². The van der Waals surface area contributed by atoms with Gasteiger partial charge in [0.05, 0.1) is 10.7 Å². The summed E-state index contributed by atoms with van der Waals surface area (Å²) in [6, 6.07) is 10.0. The molecule has 3 N–H and O–H groups in total. The van der Waals surface area contributed by atoms with Gasteiger partial charge in [-0.1, -0.05) is 35.9 Å². The first-order chi connectivity index (χ1) is 8.29. The van der Waals surface area contributed by atoms with Crippen LogP contribution in [0.4, 0.5) is 5.69 Å². The molecular formula is C13H14ClN3. The molecule has 0 aliphatic carbocycles. The Morgan fingerprint density at radius 3 is 2.47 bits per heavy atom. The number of nitrogens with one attached hydrogen (secondary N) is 1. The zero-order valence-electron chi connectivity index (χ0n) is 9.36. The highest BCUT2D eigenvalue weighted by molar-refractivity contribution is 6.33. The van der Waals surface area contributed by atoms with Gasteiger partial charge < -0.3 is 11.1 Å². The number of hydrogen-bond acceptors (Lipinski definition) is 3. The Bertz CT molecular complexity index is 482. The van der Waals surface area contributed by atoms with Crippen molar-refractivity contribution in [3.63, 3.8) is 0 Å². The lowest BCUT2D eigenvalue weighted by molar-refractivity contribution is 1.06. The Morgan fingerprint density at radius 2 is 1.82 bits per heavy atom. The molecule has 1 aromatic carbocycles. The molecule has 1 heterocycles. The van der Waals surface area contributed by atoms with E-state index in [-0.39, 0.29) is 0 Å². The minimum absolute atomic E-state index is 0.573. The number of nitrogens with two attached hydrogens (primary N) is 1. The summed E-state index contributed by atoms with van der Waals surface area (Å²) in [6.07, 6.45) is 3.34. The molecule has 4 heteroatoms. The molecule has 0 saturated carbocycles. The van der Waals surface area contributed by atoms with Crippen LogP contribution in [0.15, 0.2) is 42.7 Å². The average molecular weight is 248 g/mol. The fourth-order valence-corrected chi connectivity index (χ4v) is 1.70. The summed E-state index contributed by atoms with van der Waals surface area (Å²) in [7, 11) is 0. The molecule has 0 aliphatic heterocycles. The molecule has 2 aromatic rings. The van der Waals surface area contributed by atoms with E-state index in [1.807, 2.05) is 18.2 Å². The molecule has 0 atom stereocenters. The fourth-order valence-electron chi connectivity index (χ4n) is 1.51. The molecule has 0 amide bonds. The Hall–Kier alpha value is -1.58. The van der Waals surface area contributed by atoms with Gasteiger partial charge in [-0.3, -0.25) is 4.98 Å². The summed E-state index contributed by atoms with van der Waals surface area (Å²) in [6.45, 7) is 1.30. The van der Waals surface area contributed by atoms with Gasteiger partial charge in [0.25, 0.3) is 0 Å². The third kappa shape index (κ3) is 3.19. The molecule has 0 aliphatic rings. The van der Waals surface area contributed by atoms with E-state index in [0.717, 1.165) is 17.8 Å². The fraction of sp³-hybridized carbons (Fsp3) is 0.154. The van der Waals surface area contributed by atoms with E-state index in [9.17, 15) is 0 Å². The normalized spacial score (nSPS) is 10.2.